The molecule has 35 heavy (non-hydrogen) atoms. The first-order valence-corrected chi connectivity index (χ1v) is 13.1. The standard InChI is InChI=1S/C29H40N2O4/c1-4-5-8-20(2)24(32)14-13-22-25(33)19-26-28(22)23-11-6-9-21(29(23)35-26)10-7-12-27(34)31-17-15-30(3)16-18-31/h6,9,11,13-14,20,22,24-26,28,32-33H,7-8,10,12,15-19H2,1-3H3/b14-13+/t20-,22+,24-,25-,26+,28+/m1/s1. The largest absolute Gasteiger partial charge is 0.489 e. The fourth-order valence-electron chi connectivity index (χ4n) is 5.62. The highest BCUT2D eigenvalue weighted by molar-refractivity contribution is 5.76. The Hall–Kier alpha value is -2.33. The van der Waals surface area contributed by atoms with Crippen LogP contribution in [0.3, 0.4) is 0 Å². The molecule has 0 aromatic heterocycles. The number of para-hydroxylation sites is 1. The van der Waals surface area contributed by atoms with Crippen LogP contribution in [0, 0.1) is 23.7 Å². The van der Waals surface area contributed by atoms with E-state index in [9.17, 15) is 15.0 Å². The first kappa shape index (κ1) is 25.8. The van der Waals surface area contributed by atoms with Gasteiger partial charge in [-0.25, -0.2) is 0 Å². The van der Waals surface area contributed by atoms with Crippen LogP contribution in [0.1, 0.15) is 56.6 Å². The van der Waals surface area contributed by atoms with Gasteiger partial charge in [0, 0.05) is 62.8 Å². The number of amides is 1. The molecule has 2 fully saturated rings. The van der Waals surface area contributed by atoms with Gasteiger partial charge < -0.3 is 24.7 Å². The first-order chi connectivity index (χ1) is 16.9. The summed E-state index contributed by atoms with van der Waals surface area (Å²) in [6.07, 6.45) is 6.07. The van der Waals surface area contributed by atoms with Gasteiger partial charge in [-0.2, -0.15) is 0 Å². The van der Waals surface area contributed by atoms with Gasteiger partial charge in [-0.1, -0.05) is 37.3 Å². The van der Waals surface area contributed by atoms with Crippen molar-refractivity contribution in [3.8, 4) is 17.6 Å². The topological polar surface area (TPSA) is 73.2 Å². The Morgan fingerprint density at radius 1 is 1.29 bits per heavy atom. The second kappa shape index (κ2) is 11.6. The fraction of sp³-hybridized carbons (Fsp3) is 0.621. The first-order valence-electron chi connectivity index (χ1n) is 13.1. The van der Waals surface area contributed by atoms with E-state index in [1.54, 1.807) is 6.92 Å². The van der Waals surface area contributed by atoms with Crippen LogP contribution in [0.15, 0.2) is 30.4 Å². The van der Waals surface area contributed by atoms with E-state index >= 15 is 0 Å². The molecular weight excluding hydrogens is 440 g/mol. The second-order valence-corrected chi connectivity index (χ2v) is 10.4. The number of ether oxygens (including phenoxy) is 1. The van der Waals surface area contributed by atoms with Gasteiger partial charge >= 0.3 is 0 Å². The number of carbonyl (C=O) groups excluding carboxylic acids is 1. The number of rotatable bonds is 8. The van der Waals surface area contributed by atoms with Crippen molar-refractivity contribution in [2.24, 2.45) is 11.8 Å². The molecule has 4 rings (SSSR count). The molecule has 0 radical (unpaired) electrons. The number of benzene rings is 1. The van der Waals surface area contributed by atoms with E-state index in [0.717, 1.165) is 55.9 Å². The fourth-order valence-corrected chi connectivity index (χ4v) is 5.62. The van der Waals surface area contributed by atoms with Gasteiger partial charge in [0.05, 0.1) is 12.2 Å². The van der Waals surface area contributed by atoms with E-state index in [0.29, 0.717) is 19.3 Å². The molecule has 190 valence electrons. The summed E-state index contributed by atoms with van der Waals surface area (Å²) in [4.78, 5) is 16.9. The molecule has 1 aromatic carbocycles. The molecule has 2 N–H and O–H groups in total. The van der Waals surface area contributed by atoms with E-state index in [-0.39, 0.29) is 29.8 Å². The Bertz CT molecular complexity index is 973. The van der Waals surface area contributed by atoms with E-state index in [2.05, 4.69) is 42.0 Å². The predicted molar refractivity (Wildman–Crippen MR) is 137 cm³/mol. The monoisotopic (exact) mass is 480 g/mol. The van der Waals surface area contributed by atoms with E-state index in [4.69, 9.17) is 4.74 Å². The molecule has 1 saturated carbocycles. The molecule has 1 aromatic rings. The van der Waals surface area contributed by atoms with Crippen molar-refractivity contribution in [1.82, 2.24) is 9.80 Å². The zero-order valence-electron chi connectivity index (χ0n) is 21.3. The zero-order chi connectivity index (χ0) is 24.9. The minimum atomic E-state index is -0.590. The maximum atomic E-state index is 12.6. The van der Waals surface area contributed by atoms with Crippen molar-refractivity contribution >= 4 is 5.91 Å². The Morgan fingerprint density at radius 3 is 2.80 bits per heavy atom. The molecule has 3 aliphatic rings. The van der Waals surface area contributed by atoms with E-state index in [1.807, 2.05) is 24.0 Å². The molecule has 1 amide bonds. The van der Waals surface area contributed by atoms with E-state index < -0.39 is 12.2 Å². The van der Waals surface area contributed by atoms with Gasteiger partial charge in [-0.15, -0.1) is 11.8 Å². The van der Waals surface area contributed by atoms with Crippen molar-refractivity contribution in [3.05, 3.63) is 41.5 Å². The number of carbonyl (C=O) groups is 1. The lowest BCUT2D eigenvalue weighted by Crippen LogP contribution is -2.47. The number of aliphatic hydroxyl groups excluding tert-OH is 2. The summed E-state index contributed by atoms with van der Waals surface area (Å²) in [5.74, 6) is 7.13. The van der Waals surface area contributed by atoms with Crippen LogP contribution in [0.5, 0.6) is 5.75 Å². The highest BCUT2D eigenvalue weighted by Gasteiger charge is 2.48. The lowest BCUT2D eigenvalue weighted by Gasteiger charge is -2.32. The van der Waals surface area contributed by atoms with Gasteiger partial charge in [0.2, 0.25) is 5.91 Å². The Balaban J connectivity index is 1.38. The summed E-state index contributed by atoms with van der Waals surface area (Å²) in [5, 5.41) is 21.3. The predicted octanol–water partition coefficient (Wildman–Crippen LogP) is 2.98. The van der Waals surface area contributed by atoms with Gasteiger partial charge in [0.1, 0.15) is 11.9 Å². The third-order valence-corrected chi connectivity index (χ3v) is 7.90. The summed E-state index contributed by atoms with van der Waals surface area (Å²) < 4.78 is 6.38. The summed E-state index contributed by atoms with van der Waals surface area (Å²) in [5.41, 5.74) is 2.29. The third-order valence-electron chi connectivity index (χ3n) is 7.90. The smallest absolute Gasteiger partial charge is 0.222 e. The molecule has 6 atom stereocenters. The van der Waals surface area contributed by atoms with Crippen molar-refractivity contribution < 1.29 is 19.7 Å². The van der Waals surface area contributed by atoms with E-state index in [1.165, 1.54) is 0 Å². The van der Waals surface area contributed by atoms with Crippen LogP contribution < -0.4 is 4.74 Å². The Kier molecular flexibility index (Phi) is 8.54. The molecule has 2 heterocycles. The second-order valence-electron chi connectivity index (χ2n) is 10.4. The molecule has 6 nitrogen and oxygen atoms in total. The minimum absolute atomic E-state index is 0.0420. The third kappa shape index (κ3) is 5.91. The summed E-state index contributed by atoms with van der Waals surface area (Å²) in [7, 11) is 2.10. The lowest BCUT2D eigenvalue weighted by molar-refractivity contribution is -0.132. The van der Waals surface area contributed by atoms with Crippen molar-refractivity contribution in [3.63, 3.8) is 0 Å². The number of likely N-dealkylation sites (N-methyl/N-ethyl adjacent to an activating group) is 1. The van der Waals surface area contributed by atoms with Crippen LogP contribution in [-0.2, 0) is 11.2 Å². The minimum Gasteiger partial charge on any atom is -0.489 e. The molecule has 6 heteroatoms. The number of hydrogen-bond acceptors (Lipinski definition) is 5. The average molecular weight is 481 g/mol. The van der Waals surface area contributed by atoms with Crippen molar-refractivity contribution in [2.75, 3.05) is 33.2 Å². The maximum absolute atomic E-state index is 12.6. The number of aliphatic hydroxyl groups is 2. The number of aryl methyl sites for hydroxylation is 1. The number of fused-ring (bicyclic) bond motifs is 3. The quantitative estimate of drug-likeness (QED) is 0.442. The average Bonchev–Trinajstić information content (AvgIpc) is 3.36. The normalized spacial score (nSPS) is 27.6. The maximum Gasteiger partial charge on any atom is 0.222 e. The highest BCUT2D eigenvalue weighted by atomic mass is 16.5. The molecule has 0 bridgehead atoms. The Labute approximate surface area is 210 Å². The van der Waals surface area contributed by atoms with Crippen LogP contribution in [0.25, 0.3) is 0 Å². The Morgan fingerprint density at radius 2 is 2.06 bits per heavy atom. The molecule has 0 unspecified atom stereocenters. The molecule has 1 saturated heterocycles. The molecule has 2 aliphatic heterocycles. The van der Waals surface area contributed by atoms with Crippen LogP contribution in [0.4, 0.5) is 0 Å². The summed E-state index contributed by atoms with van der Waals surface area (Å²) in [6, 6.07) is 6.27. The van der Waals surface area contributed by atoms with Crippen molar-refractivity contribution in [2.45, 2.75) is 70.2 Å². The van der Waals surface area contributed by atoms with Crippen molar-refractivity contribution in [1.29, 1.82) is 0 Å². The lowest BCUT2D eigenvalue weighted by atomic mass is 9.86. The van der Waals surface area contributed by atoms with Gasteiger partial charge in [0.15, 0.2) is 0 Å². The molecule has 0 spiro atoms. The summed E-state index contributed by atoms with van der Waals surface area (Å²) >= 11 is 0. The van der Waals surface area contributed by atoms with Gasteiger partial charge in [0.25, 0.3) is 0 Å². The number of piperazine rings is 1. The van der Waals surface area contributed by atoms with Gasteiger partial charge in [-0.3, -0.25) is 4.79 Å². The SMILES string of the molecule is CC#CC[C@@H](C)[C@H](O)/C=C/[C@@H]1[C@H]2c3cccc(CCCC(=O)N4CCN(C)CC4)c3O[C@H]2C[C@H]1O. The van der Waals surface area contributed by atoms with Gasteiger partial charge in [-0.05, 0) is 38.3 Å². The van der Waals surface area contributed by atoms with Crippen LogP contribution in [-0.4, -0.2) is 77.5 Å². The van der Waals surface area contributed by atoms with Crippen LogP contribution >= 0.6 is 0 Å². The molecule has 1 aliphatic carbocycles. The number of hydrogen-bond donors (Lipinski definition) is 2. The highest BCUT2D eigenvalue weighted by Crippen LogP contribution is 2.52. The zero-order valence-corrected chi connectivity index (χ0v) is 21.3. The number of nitrogens with zero attached hydrogens (tertiary/aromatic N) is 2. The molecular formula is C29H40N2O4. The summed E-state index contributed by atoms with van der Waals surface area (Å²) in [6.45, 7) is 7.32. The van der Waals surface area contributed by atoms with Crippen LogP contribution in [0.2, 0.25) is 0 Å².